The van der Waals surface area contributed by atoms with Crippen LogP contribution in [0.3, 0.4) is 0 Å². The fourth-order valence-corrected chi connectivity index (χ4v) is 3.14. The molecule has 4 heteroatoms. The van der Waals surface area contributed by atoms with Crippen molar-refractivity contribution in [2.24, 2.45) is 11.8 Å². The van der Waals surface area contributed by atoms with E-state index in [1.165, 1.54) is 6.42 Å². The van der Waals surface area contributed by atoms with Crippen molar-refractivity contribution in [3.05, 3.63) is 0 Å². The number of amides is 1. The summed E-state index contributed by atoms with van der Waals surface area (Å²) < 4.78 is 5.31. The van der Waals surface area contributed by atoms with Crippen LogP contribution in [0.2, 0.25) is 0 Å². The highest BCUT2D eigenvalue weighted by Crippen LogP contribution is 2.31. The largest absolute Gasteiger partial charge is 0.388 e. The number of hydrogen-bond acceptors (Lipinski definition) is 3. The predicted octanol–water partition coefficient (Wildman–Crippen LogP) is 1.47. The average Bonchev–Trinajstić information content (AvgIpc) is 2.37. The molecule has 1 aliphatic carbocycles. The van der Waals surface area contributed by atoms with Crippen molar-refractivity contribution in [2.75, 3.05) is 19.8 Å². The predicted molar refractivity (Wildman–Crippen MR) is 69.1 cm³/mol. The van der Waals surface area contributed by atoms with Crippen LogP contribution >= 0.6 is 0 Å². The lowest BCUT2D eigenvalue weighted by Gasteiger charge is -2.36. The Morgan fingerprint density at radius 1 is 1.44 bits per heavy atom. The molecule has 0 aromatic carbocycles. The molecule has 1 saturated carbocycles. The SMILES string of the molecule is CC1CCCC(O)(CNC(=O)C2CCCOC2)C1. The molecule has 0 radical (unpaired) electrons. The van der Waals surface area contributed by atoms with Crippen molar-refractivity contribution in [3.8, 4) is 0 Å². The summed E-state index contributed by atoms with van der Waals surface area (Å²) >= 11 is 0. The summed E-state index contributed by atoms with van der Waals surface area (Å²) in [6.07, 6.45) is 5.71. The van der Waals surface area contributed by atoms with Crippen LogP contribution in [-0.4, -0.2) is 36.4 Å². The number of carbonyl (C=O) groups excluding carboxylic acids is 1. The summed E-state index contributed by atoms with van der Waals surface area (Å²) in [4.78, 5) is 12.0. The van der Waals surface area contributed by atoms with Gasteiger partial charge in [-0.25, -0.2) is 0 Å². The highest BCUT2D eigenvalue weighted by atomic mass is 16.5. The van der Waals surface area contributed by atoms with E-state index in [2.05, 4.69) is 12.2 Å². The molecule has 0 aromatic heterocycles. The molecule has 104 valence electrons. The number of hydrogen-bond donors (Lipinski definition) is 2. The molecule has 2 rings (SSSR count). The molecule has 0 spiro atoms. The second kappa shape index (κ2) is 6.02. The van der Waals surface area contributed by atoms with Crippen LogP contribution in [0, 0.1) is 11.8 Å². The van der Waals surface area contributed by atoms with E-state index >= 15 is 0 Å². The van der Waals surface area contributed by atoms with E-state index in [-0.39, 0.29) is 11.8 Å². The van der Waals surface area contributed by atoms with Gasteiger partial charge in [0.05, 0.1) is 18.1 Å². The third-order valence-corrected chi connectivity index (χ3v) is 4.19. The molecule has 1 amide bonds. The van der Waals surface area contributed by atoms with E-state index in [0.29, 0.717) is 19.1 Å². The van der Waals surface area contributed by atoms with E-state index in [4.69, 9.17) is 4.74 Å². The van der Waals surface area contributed by atoms with Crippen molar-refractivity contribution >= 4 is 5.91 Å². The summed E-state index contributed by atoms with van der Waals surface area (Å²) in [6.45, 7) is 3.86. The van der Waals surface area contributed by atoms with Gasteiger partial charge in [0.25, 0.3) is 0 Å². The lowest BCUT2D eigenvalue weighted by Crippen LogP contribution is -2.48. The van der Waals surface area contributed by atoms with Crippen molar-refractivity contribution in [3.63, 3.8) is 0 Å². The van der Waals surface area contributed by atoms with E-state index in [0.717, 1.165) is 38.7 Å². The van der Waals surface area contributed by atoms with Gasteiger partial charge in [0.2, 0.25) is 5.91 Å². The minimum Gasteiger partial charge on any atom is -0.388 e. The number of aliphatic hydroxyl groups is 1. The first-order chi connectivity index (χ1) is 8.59. The van der Waals surface area contributed by atoms with Gasteiger partial charge in [0, 0.05) is 13.2 Å². The molecule has 0 bridgehead atoms. The van der Waals surface area contributed by atoms with E-state index in [1.807, 2.05) is 0 Å². The van der Waals surface area contributed by atoms with Gasteiger partial charge in [0.15, 0.2) is 0 Å². The highest BCUT2D eigenvalue weighted by Gasteiger charge is 2.33. The zero-order valence-corrected chi connectivity index (χ0v) is 11.3. The van der Waals surface area contributed by atoms with Crippen LogP contribution in [0.15, 0.2) is 0 Å². The first-order valence-corrected chi connectivity index (χ1v) is 7.17. The summed E-state index contributed by atoms with van der Waals surface area (Å²) in [7, 11) is 0. The maximum Gasteiger partial charge on any atom is 0.225 e. The summed E-state index contributed by atoms with van der Waals surface area (Å²) in [5.74, 6) is 0.573. The van der Waals surface area contributed by atoms with Crippen molar-refractivity contribution in [2.45, 2.75) is 51.0 Å². The van der Waals surface area contributed by atoms with E-state index < -0.39 is 5.60 Å². The standard InChI is InChI=1S/C14H25NO3/c1-11-4-2-6-14(17,8-11)10-15-13(16)12-5-3-7-18-9-12/h11-12,17H,2-10H2,1H3,(H,15,16). The highest BCUT2D eigenvalue weighted by molar-refractivity contribution is 5.78. The first-order valence-electron chi connectivity index (χ1n) is 7.17. The van der Waals surface area contributed by atoms with Gasteiger partial charge < -0.3 is 15.2 Å². The molecular formula is C14H25NO3. The molecule has 4 nitrogen and oxygen atoms in total. The maximum atomic E-state index is 12.0. The van der Waals surface area contributed by atoms with Crippen LogP contribution in [0.1, 0.15) is 45.4 Å². The Balaban J connectivity index is 1.77. The smallest absolute Gasteiger partial charge is 0.225 e. The van der Waals surface area contributed by atoms with Crippen LogP contribution in [0.4, 0.5) is 0 Å². The van der Waals surface area contributed by atoms with Gasteiger partial charge >= 0.3 is 0 Å². The van der Waals surface area contributed by atoms with E-state index in [1.54, 1.807) is 0 Å². The monoisotopic (exact) mass is 255 g/mol. The Morgan fingerprint density at radius 3 is 2.94 bits per heavy atom. The molecule has 18 heavy (non-hydrogen) atoms. The third kappa shape index (κ3) is 3.69. The molecule has 3 unspecified atom stereocenters. The molecular weight excluding hydrogens is 230 g/mol. The second-order valence-corrected chi connectivity index (χ2v) is 6.06. The minimum atomic E-state index is -0.692. The fraction of sp³-hybridized carbons (Fsp3) is 0.929. The van der Waals surface area contributed by atoms with Gasteiger partial charge in [0.1, 0.15) is 0 Å². The van der Waals surface area contributed by atoms with E-state index in [9.17, 15) is 9.90 Å². The molecule has 2 fully saturated rings. The molecule has 1 saturated heterocycles. The minimum absolute atomic E-state index is 0.0247. The third-order valence-electron chi connectivity index (χ3n) is 4.19. The van der Waals surface area contributed by atoms with Gasteiger partial charge in [-0.1, -0.05) is 19.8 Å². The Morgan fingerprint density at radius 2 is 2.28 bits per heavy atom. The summed E-state index contributed by atoms with van der Waals surface area (Å²) in [6, 6.07) is 0. The fourth-order valence-electron chi connectivity index (χ4n) is 3.14. The van der Waals surface area contributed by atoms with Crippen molar-refractivity contribution in [1.29, 1.82) is 0 Å². The lowest BCUT2D eigenvalue weighted by molar-refractivity contribution is -0.130. The Bertz CT molecular complexity index is 289. The Kier molecular flexibility index (Phi) is 4.62. The second-order valence-electron chi connectivity index (χ2n) is 6.06. The Hall–Kier alpha value is -0.610. The zero-order valence-electron chi connectivity index (χ0n) is 11.3. The van der Waals surface area contributed by atoms with Crippen LogP contribution in [0.5, 0.6) is 0 Å². The molecule has 0 aromatic rings. The number of rotatable bonds is 3. The first kappa shape index (κ1) is 13.8. The quantitative estimate of drug-likeness (QED) is 0.803. The summed E-state index contributed by atoms with van der Waals surface area (Å²) in [5, 5.41) is 13.4. The van der Waals surface area contributed by atoms with Gasteiger partial charge in [-0.05, 0) is 31.6 Å². The topological polar surface area (TPSA) is 58.6 Å². The number of carbonyl (C=O) groups is 1. The van der Waals surface area contributed by atoms with Gasteiger partial charge in [-0.2, -0.15) is 0 Å². The molecule has 2 N–H and O–H groups in total. The Labute approximate surface area is 109 Å². The molecule has 2 aliphatic rings. The van der Waals surface area contributed by atoms with Crippen LogP contribution in [-0.2, 0) is 9.53 Å². The maximum absolute atomic E-state index is 12.0. The van der Waals surface area contributed by atoms with Gasteiger partial charge in [-0.3, -0.25) is 4.79 Å². The molecule has 1 heterocycles. The molecule has 3 atom stereocenters. The number of nitrogens with one attached hydrogen (secondary N) is 1. The normalized spacial score (nSPS) is 37.2. The zero-order chi connectivity index (χ0) is 13.0. The molecule has 1 aliphatic heterocycles. The van der Waals surface area contributed by atoms with Crippen LogP contribution < -0.4 is 5.32 Å². The van der Waals surface area contributed by atoms with Gasteiger partial charge in [-0.15, -0.1) is 0 Å². The van der Waals surface area contributed by atoms with Crippen molar-refractivity contribution < 1.29 is 14.6 Å². The average molecular weight is 255 g/mol. The van der Waals surface area contributed by atoms with Crippen molar-refractivity contribution in [1.82, 2.24) is 5.32 Å². The van der Waals surface area contributed by atoms with Crippen LogP contribution in [0.25, 0.3) is 0 Å². The number of ether oxygens (including phenoxy) is 1. The lowest BCUT2D eigenvalue weighted by atomic mass is 9.79. The summed E-state index contributed by atoms with van der Waals surface area (Å²) in [5.41, 5.74) is -0.692.